The highest BCUT2D eigenvalue weighted by molar-refractivity contribution is 5.93. The summed E-state index contributed by atoms with van der Waals surface area (Å²) in [5.74, 6) is -0.778. The van der Waals surface area contributed by atoms with E-state index in [1.54, 1.807) is 25.1 Å². The van der Waals surface area contributed by atoms with E-state index in [1.165, 1.54) is 28.7 Å². The van der Waals surface area contributed by atoms with Gasteiger partial charge in [-0.1, -0.05) is 24.3 Å². The van der Waals surface area contributed by atoms with Gasteiger partial charge in [0.1, 0.15) is 6.04 Å². The van der Waals surface area contributed by atoms with Gasteiger partial charge in [-0.15, -0.1) is 5.10 Å². The lowest BCUT2D eigenvalue weighted by molar-refractivity contribution is -0.670. The number of esters is 1. The molecule has 13 heteroatoms. The summed E-state index contributed by atoms with van der Waals surface area (Å²) in [5, 5.41) is 17.3. The fourth-order valence-corrected chi connectivity index (χ4v) is 5.89. The van der Waals surface area contributed by atoms with Crippen molar-refractivity contribution in [3.8, 4) is 6.07 Å². The number of hydrogen-bond acceptors (Lipinski definition) is 6. The second kappa shape index (κ2) is 12.6. The molecule has 1 atom stereocenters. The topological polar surface area (TPSA) is 108 Å². The van der Waals surface area contributed by atoms with Crippen LogP contribution in [0, 0.1) is 11.3 Å². The van der Waals surface area contributed by atoms with Crippen molar-refractivity contribution in [1.82, 2.24) is 14.8 Å². The number of allylic oxidation sites excluding steroid dienone is 1. The number of aromatic amines is 1. The number of alkyl halides is 3. The van der Waals surface area contributed by atoms with Gasteiger partial charge in [-0.05, 0) is 60.5 Å². The Morgan fingerprint density at radius 3 is 2.59 bits per heavy atom. The van der Waals surface area contributed by atoms with Crippen LogP contribution in [-0.2, 0) is 28.7 Å². The number of anilines is 2. The van der Waals surface area contributed by atoms with Crippen LogP contribution in [0.15, 0.2) is 101 Å². The van der Waals surface area contributed by atoms with E-state index < -0.39 is 29.4 Å². The average Bonchev–Trinajstić information content (AvgIpc) is 3.42. The van der Waals surface area contributed by atoms with Crippen molar-refractivity contribution < 1.29 is 44.3 Å². The number of hydrogen-bond donors (Lipinski definition) is 1. The molecule has 3 aromatic carbocycles. The van der Waals surface area contributed by atoms with Crippen LogP contribution in [0.3, 0.4) is 0 Å². The minimum Gasteiger partial charge on any atom is -1.00 e. The first kappa shape index (κ1) is 32.2. The zero-order valence-electron chi connectivity index (χ0n) is 24.5. The summed E-state index contributed by atoms with van der Waals surface area (Å²) in [5.41, 5.74) is 1.37. The molecule has 0 radical (unpaired) electrons. The van der Waals surface area contributed by atoms with Crippen LogP contribution in [0.4, 0.5) is 24.8 Å². The normalized spacial score (nSPS) is 14.4. The van der Waals surface area contributed by atoms with Gasteiger partial charge in [-0.3, -0.25) is 4.90 Å². The van der Waals surface area contributed by atoms with E-state index >= 15 is 0 Å². The quantitative estimate of drug-likeness (QED) is 0.217. The number of pyridine rings is 1. The van der Waals surface area contributed by atoms with Gasteiger partial charge in [0.05, 0.1) is 29.9 Å². The number of aryl methyl sites for hydroxylation is 2. The molecule has 1 unspecified atom stereocenters. The van der Waals surface area contributed by atoms with Crippen LogP contribution < -0.4 is 32.1 Å². The molecular weight excluding hydrogens is 665 g/mol. The van der Waals surface area contributed by atoms with E-state index in [0.29, 0.717) is 29.7 Å². The zero-order chi connectivity index (χ0) is 31.9. The number of para-hydroxylation sites is 1. The van der Waals surface area contributed by atoms with Crippen molar-refractivity contribution in [2.45, 2.75) is 32.1 Å². The molecule has 2 aromatic heterocycles. The number of H-pyrrole nitrogens is 1. The number of nitrogens with zero attached hydrogens (tertiary/aromatic N) is 5. The lowest BCUT2D eigenvalue weighted by Crippen LogP contribution is -3.00. The predicted molar refractivity (Wildman–Crippen MR) is 158 cm³/mol. The van der Waals surface area contributed by atoms with Crippen molar-refractivity contribution in [2.24, 2.45) is 0 Å². The number of carbonyl (C=O) groups excluding carboxylic acids is 1. The molecule has 5 aromatic rings. The van der Waals surface area contributed by atoms with Crippen LogP contribution in [0.5, 0.6) is 0 Å². The van der Waals surface area contributed by atoms with Crippen molar-refractivity contribution in [1.29, 1.82) is 5.26 Å². The summed E-state index contributed by atoms with van der Waals surface area (Å²) in [7, 11) is 1.19. The average molecular weight is 692 g/mol. The molecular formula is C33H26BrF3N6O3. The van der Waals surface area contributed by atoms with Crippen molar-refractivity contribution in [3.05, 3.63) is 129 Å². The fraction of sp³-hybridized carbons (Fsp3) is 0.182. The first-order valence-electron chi connectivity index (χ1n) is 14.0. The molecule has 0 bridgehead atoms. The largest absolute Gasteiger partial charge is 1.00 e. The Morgan fingerprint density at radius 2 is 1.85 bits per heavy atom. The highest BCUT2D eigenvalue weighted by Gasteiger charge is 2.41. The highest BCUT2D eigenvalue weighted by atomic mass is 79.9. The van der Waals surface area contributed by atoms with Gasteiger partial charge in [-0.2, -0.15) is 23.0 Å². The molecule has 234 valence electrons. The van der Waals surface area contributed by atoms with Crippen LogP contribution in [-0.4, -0.2) is 27.8 Å². The lowest BCUT2D eigenvalue weighted by atomic mass is 9.89. The second-order valence-electron chi connectivity index (χ2n) is 10.5. The SMILES string of the molecule is COC(=O)C1=C(C)N(c2cccc(C(F)(F)F)c2)c2n[nH]c(=O)n2C1c1ccc(C#N)cc1CC[n+]1cccc2ccccc21.[Br-]. The van der Waals surface area contributed by atoms with Gasteiger partial charge < -0.3 is 21.7 Å². The van der Waals surface area contributed by atoms with Gasteiger partial charge in [0, 0.05) is 35.3 Å². The number of benzene rings is 3. The number of halogens is 4. The minimum atomic E-state index is -4.62. The number of nitrogens with one attached hydrogen (secondary N) is 1. The number of carbonyl (C=O) groups is 1. The molecule has 46 heavy (non-hydrogen) atoms. The number of nitriles is 1. The maximum atomic E-state index is 13.7. The maximum Gasteiger partial charge on any atom is 0.416 e. The van der Waals surface area contributed by atoms with Gasteiger partial charge in [0.25, 0.3) is 0 Å². The highest BCUT2D eigenvalue weighted by Crippen LogP contribution is 2.43. The van der Waals surface area contributed by atoms with Gasteiger partial charge in [0.15, 0.2) is 12.7 Å². The van der Waals surface area contributed by atoms with Crippen LogP contribution in [0.25, 0.3) is 10.9 Å². The third kappa shape index (κ3) is 5.67. The number of methoxy groups -OCH3 is 1. The first-order valence-corrected chi connectivity index (χ1v) is 14.0. The Balaban J connectivity index is 0.00000417. The molecule has 0 spiro atoms. The molecule has 3 heterocycles. The minimum absolute atomic E-state index is 0. The fourth-order valence-electron chi connectivity index (χ4n) is 5.89. The molecule has 0 aliphatic carbocycles. The molecule has 0 amide bonds. The van der Waals surface area contributed by atoms with E-state index in [0.717, 1.165) is 23.0 Å². The number of fused-ring (bicyclic) bond motifs is 2. The Morgan fingerprint density at radius 1 is 1.09 bits per heavy atom. The van der Waals surface area contributed by atoms with Gasteiger partial charge in [0.2, 0.25) is 11.5 Å². The number of aromatic nitrogens is 4. The number of rotatable bonds is 6. The summed E-state index contributed by atoms with van der Waals surface area (Å²) in [6, 6.07) is 22.5. The third-order valence-electron chi connectivity index (χ3n) is 7.96. The maximum absolute atomic E-state index is 13.7. The van der Waals surface area contributed by atoms with Crippen molar-refractivity contribution >= 4 is 28.5 Å². The Bertz CT molecular complexity index is 2090. The molecule has 9 nitrogen and oxygen atoms in total. The van der Waals surface area contributed by atoms with E-state index in [4.69, 9.17) is 4.74 Å². The second-order valence-corrected chi connectivity index (χ2v) is 10.5. The Hall–Kier alpha value is -5.22. The number of ether oxygens (including phenoxy) is 1. The smallest absolute Gasteiger partial charge is 0.416 e. The Labute approximate surface area is 271 Å². The van der Waals surface area contributed by atoms with Crippen LogP contribution >= 0.6 is 0 Å². The lowest BCUT2D eigenvalue weighted by Gasteiger charge is -2.36. The molecule has 6 rings (SSSR count). The molecule has 0 fully saturated rings. The van der Waals surface area contributed by atoms with Gasteiger partial charge in [-0.25, -0.2) is 19.3 Å². The first-order chi connectivity index (χ1) is 21.6. The summed E-state index contributed by atoms with van der Waals surface area (Å²) in [6.07, 6.45) is -2.25. The summed E-state index contributed by atoms with van der Waals surface area (Å²) in [4.78, 5) is 28.2. The van der Waals surface area contributed by atoms with E-state index in [-0.39, 0.29) is 39.9 Å². The zero-order valence-corrected chi connectivity index (χ0v) is 26.1. The Kier molecular flexibility index (Phi) is 8.85. The monoisotopic (exact) mass is 690 g/mol. The predicted octanol–water partition coefficient (Wildman–Crippen LogP) is 2.34. The molecule has 0 saturated carbocycles. The van der Waals surface area contributed by atoms with E-state index in [9.17, 15) is 28.0 Å². The summed E-state index contributed by atoms with van der Waals surface area (Å²) in [6.45, 7) is 2.08. The molecule has 0 saturated heterocycles. The van der Waals surface area contributed by atoms with Crippen molar-refractivity contribution in [2.75, 3.05) is 12.0 Å². The third-order valence-corrected chi connectivity index (χ3v) is 7.96. The van der Waals surface area contributed by atoms with E-state index in [2.05, 4.69) is 20.8 Å². The van der Waals surface area contributed by atoms with Gasteiger partial charge >= 0.3 is 17.8 Å². The summed E-state index contributed by atoms with van der Waals surface area (Å²) >= 11 is 0. The van der Waals surface area contributed by atoms with Crippen molar-refractivity contribution in [3.63, 3.8) is 0 Å². The summed E-state index contributed by atoms with van der Waals surface area (Å²) < 4.78 is 49.4. The van der Waals surface area contributed by atoms with E-state index in [1.807, 2.05) is 42.6 Å². The molecule has 1 aliphatic heterocycles. The molecule has 1 N–H and O–H groups in total. The standard InChI is InChI=1S/C33H25F3N6O3.BrH/c1-20-28(30(43)45-2)29(42-31(38-39-32(42)44)41(20)25-10-5-9-24(18-25)33(34,35)36)26-13-12-21(19-37)17-23(26)14-16-40-15-6-8-22-7-3-4-11-27(22)40;/h3-13,15,17-18,29H,14,16H2,1-2H3;1H. The van der Waals surface area contributed by atoms with Crippen LogP contribution in [0.1, 0.15) is 35.2 Å². The molecule has 1 aliphatic rings. The van der Waals surface area contributed by atoms with Crippen LogP contribution in [0.2, 0.25) is 0 Å².